The van der Waals surface area contributed by atoms with Gasteiger partial charge in [0.15, 0.2) is 0 Å². The van der Waals surface area contributed by atoms with Gasteiger partial charge in [-0.3, -0.25) is 0 Å². The van der Waals surface area contributed by atoms with E-state index in [1.165, 1.54) is 0 Å². The van der Waals surface area contributed by atoms with Crippen LogP contribution in [-0.2, 0) is 4.74 Å². The number of aliphatic hydroxyl groups excluding tert-OH is 2. The molecule has 0 saturated carbocycles. The van der Waals surface area contributed by atoms with Crippen LogP contribution in [0.5, 0.6) is 0 Å². The topological polar surface area (TPSA) is 61.7 Å². The molecule has 4 heteroatoms. The third kappa shape index (κ3) is 10.1. The highest BCUT2D eigenvalue weighted by Crippen LogP contribution is 2.06. The van der Waals surface area contributed by atoms with Crippen LogP contribution in [0.2, 0.25) is 0 Å². The van der Waals surface area contributed by atoms with E-state index in [1.807, 2.05) is 27.7 Å². The predicted molar refractivity (Wildman–Crippen MR) is 60.9 cm³/mol. The number of ether oxygens (including phenoxy) is 1. The number of hydrogen-bond donors (Lipinski definition) is 3. The van der Waals surface area contributed by atoms with Crippen LogP contribution in [0.15, 0.2) is 0 Å². The van der Waals surface area contributed by atoms with Crippen molar-refractivity contribution in [2.45, 2.75) is 51.9 Å². The van der Waals surface area contributed by atoms with Crippen molar-refractivity contribution in [1.82, 2.24) is 5.32 Å². The average molecular weight is 219 g/mol. The van der Waals surface area contributed by atoms with Crippen molar-refractivity contribution in [3.8, 4) is 0 Å². The SMILES string of the molecule is CC(CCO)NCC(O)COC(C)(C)C. The van der Waals surface area contributed by atoms with E-state index >= 15 is 0 Å². The van der Waals surface area contributed by atoms with E-state index in [9.17, 15) is 5.11 Å². The summed E-state index contributed by atoms with van der Waals surface area (Å²) in [6, 6.07) is 0.222. The summed E-state index contributed by atoms with van der Waals surface area (Å²) in [5.41, 5.74) is -0.211. The van der Waals surface area contributed by atoms with Crippen molar-refractivity contribution >= 4 is 0 Å². The predicted octanol–water partition coefficient (Wildman–Crippen LogP) is 0.523. The van der Waals surface area contributed by atoms with Crippen molar-refractivity contribution in [3.63, 3.8) is 0 Å². The molecule has 4 nitrogen and oxygen atoms in total. The van der Waals surface area contributed by atoms with Gasteiger partial charge in [0.1, 0.15) is 0 Å². The fourth-order valence-electron chi connectivity index (χ4n) is 1.04. The molecule has 0 bridgehead atoms. The molecule has 2 atom stereocenters. The molecule has 0 radical (unpaired) electrons. The average Bonchev–Trinajstić information content (AvgIpc) is 2.11. The Balaban J connectivity index is 3.53. The summed E-state index contributed by atoms with van der Waals surface area (Å²) in [6.45, 7) is 8.86. The van der Waals surface area contributed by atoms with Gasteiger partial charge in [-0.25, -0.2) is 0 Å². The van der Waals surface area contributed by atoms with Gasteiger partial charge < -0.3 is 20.3 Å². The fraction of sp³-hybridized carbons (Fsp3) is 1.00. The van der Waals surface area contributed by atoms with Crippen LogP contribution in [0.1, 0.15) is 34.1 Å². The quantitative estimate of drug-likeness (QED) is 0.584. The zero-order valence-corrected chi connectivity index (χ0v) is 10.3. The lowest BCUT2D eigenvalue weighted by molar-refractivity contribution is -0.0483. The molecule has 0 heterocycles. The second kappa shape index (κ2) is 7.17. The maximum Gasteiger partial charge on any atom is 0.0898 e. The molecule has 0 spiro atoms. The van der Waals surface area contributed by atoms with Crippen molar-refractivity contribution in [3.05, 3.63) is 0 Å². The molecule has 0 amide bonds. The maximum atomic E-state index is 9.58. The Kier molecular flexibility index (Phi) is 7.09. The van der Waals surface area contributed by atoms with Gasteiger partial charge in [0.05, 0.1) is 18.3 Å². The van der Waals surface area contributed by atoms with Crippen LogP contribution in [0.4, 0.5) is 0 Å². The van der Waals surface area contributed by atoms with E-state index in [4.69, 9.17) is 9.84 Å². The molecule has 2 unspecified atom stereocenters. The highest BCUT2D eigenvalue weighted by atomic mass is 16.5. The molecular weight excluding hydrogens is 194 g/mol. The summed E-state index contributed by atoms with van der Waals surface area (Å²) in [6.07, 6.45) is 0.206. The van der Waals surface area contributed by atoms with E-state index in [-0.39, 0.29) is 18.2 Å². The minimum absolute atomic E-state index is 0.169. The standard InChI is InChI=1S/C11H25NO3/c1-9(5-6-13)12-7-10(14)8-15-11(2,3)4/h9-10,12-14H,5-8H2,1-4H3. The number of nitrogens with one attached hydrogen (secondary N) is 1. The van der Waals surface area contributed by atoms with Gasteiger partial charge in [-0.05, 0) is 34.1 Å². The molecule has 0 aliphatic heterocycles. The van der Waals surface area contributed by atoms with Gasteiger partial charge in [0.2, 0.25) is 0 Å². The summed E-state index contributed by atoms with van der Waals surface area (Å²) < 4.78 is 5.44. The molecule has 0 aromatic rings. The molecule has 0 fully saturated rings. The van der Waals surface area contributed by atoms with Crippen LogP contribution in [0.3, 0.4) is 0 Å². The first-order chi connectivity index (χ1) is 6.85. The molecule has 0 aromatic heterocycles. The summed E-state index contributed by atoms with van der Waals surface area (Å²) in [5, 5.41) is 21.4. The molecule has 92 valence electrons. The van der Waals surface area contributed by atoms with E-state index < -0.39 is 6.10 Å². The summed E-state index contributed by atoms with van der Waals surface area (Å²) >= 11 is 0. The molecule has 15 heavy (non-hydrogen) atoms. The Hall–Kier alpha value is -0.160. The van der Waals surface area contributed by atoms with Gasteiger partial charge in [0.25, 0.3) is 0 Å². The normalized spacial score (nSPS) is 16.4. The summed E-state index contributed by atoms with van der Waals surface area (Å²) in [7, 11) is 0. The van der Waals surface area contributed by atoms with Gasteiger partial charge in [-0.1, -0.05) is 0 Å². The van der Waals surface area contributed by atoms with Gasteiger partial charge in [-0.15, -0.1) is 0 Å². The number of hydrogen-bond acceptors (Lipinski definition) is 4. The molecule has 0 saturated heterocycles. The third-order valence-corrected chi connectivity index (χ3v) is 1.97. The first-order valence-corrected chi connectivity index (χ1v) is 5.51. The lowest BCUT2D eigenvalue weighted by Gasteiger charge is -2.23. The highest BCUT2D eigenvalue weighted by molar-refractivity contribution is 4.67. The van der Waals surface area contributed by atoms with E-state index in [0.29, 0.717) is 19.6 Å². The highest BCUT2D eigenvalue weighted by Gasteiger charge is 2.13. The van der Waals surface area contributed by atoms with Crippen LogP contribution >= 0.6 is 0 Å². The van der Waals surface area contributed by atoms with E-state index in [2.05, 4.69) is 5.32 Å². The monoisotopic (exact) mass is 219 g/mol. The number of rotatable bonds is 7. The van der Waals surface area contributed by atoms with Gasteiger partial charge in [0, 0.05) is 19.2 Å². The van der Waals surface area contributed by atoms with Crippen LogP contribution in [0, 0.1) is 0 Å². The maximum absolute atomic E-state index is 9.58. The zero-order chi connectivity index (χ0) is 11.9. The fourth-order valence-corrected chi connectivity index (χ4v) is 1.04. The third-order valence-electron chi connectivity index (χ3n) is 1.97. The molecule has 0 rings (SSSR count). The minimum Gasteiger partial charge on any atom is -0.396 e. The molecule has 0 aliphatic rings. The van der Waals surface area contributed by atoms with Crippen molar-refractivity contribution in [2.24, 2.45) is 0 Å². The summed E-state index contributed by atoms with van der Waals surface area (Å²) in [4.78, 5) is 0. The Morgan fingerprint density at radius 1 is 1.33 bits per heavy atom. The molecule has 3 N–H and O–H groups in total. The van der Waals surface area contributed by atoms with E-state index in [0.717, 1.165) is 0 Å². The van der Waals surface area contributed by atoms with Crippen molar-refractivity contribution < 1.29 is 14.9 Å². The first-order valence-electron chi connectivity index (χ1n) is 5.51. The van der Waals surface area contributed by atoms with Gasteiger partial charge >= 0.3 is 0 Å². The van der Waals surface area contributed by atoms with Crippen LogP contribution in [-0.4, -0.2) is 47.7 Å². The number of aliphatic hydroxyl groups is 2. The Morgan fingerprint density at radius 2 is 1.93 bits per heavy atom. The Morgan fingerprint density at radius 3 is 2.40 bits per heavy atom. The van der Waals surface area contributed by atoms with E-state index in [1.54, 1.807) is 0 Å². The first kappa shape index (κ1) is 14.8. The van der Waals surface area contributed by atoms with Crippen molar-refractivity contribution in [2.75, 3.05) is 19.8 Å². The Bertz CT molecular complexity index is 156. The van der Waals surface area contributed by atoms with Gasteiger partial charge in [-0.2, -0.15) is 0 Å². The minimum atomic E-state index is -0.495. The van der Waals surface area contributed by atoms with Crippen molar-refractivity contribution in [1.29, 1.82) is 0 Å². The zero-order valence-electron chi connectivity index (χ0n) is 10.3. The Labute approximate surface area is 92.6 Å². The molecule has 0 aromatic carbocycles. The lowest BCUT2D eigenvalue weighted by Crippen LogP contribution is -2.38. The molecule has 0 aliphatic carbocycles. The second-order valence-electron chi connectivity index (χ2n) is 4.90. The lowest BCUT2D eigenvalue weighted by atomic mass is 10.2. The molecular formula is C11H25NO3. The van der Waals surface area contributed by atoms with Crippen LogP contribution < -0.4 is 5.32 Å². The second-order valence-corrected chi connectivity index (χ2v) is 4.90. The summed E-state index contributed by atoms with van der Waals surface area (Å²) in [5.74, 6) is 0. The smallest absolute Gasteiger partial charge is 0.0898 e. The largest absolute Gasteiger partial charge is 0.396 e. The van der Waals surface area contributed by atoms with Crippen LogP contribution in [0.25, 0.3) is 0 Å².